The molecular formula is C48H37N3S. The maximum absolute atomic E-state index is 5.36. The van der Waals surface area contributed by atoms with Gasteiger partial charge >= 0.3 is 0 Å². The summed E-state index contributed by atoms with van der Waals surface area (Å²) in [4.78, 5) is 11.8. The van der Waals surface area contributed by atoms with Gasteiger partial charge in [0.2, 0.25) is 5.95 Å². The van der Waals surface area contributed by atoms with E-state index in [1.165, 1.54) is 65.0 Å². The van der Waals surface area contributed by atoms with Gasteiger partial charge in [0.05, 0.1) is 16.9 Å². The van der Waals surface area contributed by atoms with Crippen molar-refractivity contribution in [2.24, 2.45) is 11.8 Å². The van der Waals surface area contributed by atoms with E-state index in [-0.39, 0.29) is 0 Å². The number of nitrogens with zero attached hydrogens (tertiary/aromatic N) is 3. The smallest absolute Gasteiger partial charge is 0.235 e. The highest BCUT2D eigenvalue weighted by Crippen LogP contribution is 2.47. The van der Waals surface area contributed by atoms with Gasteiger partial charge in [-0.3, -0.25) is 4.57 Å². The van der Waals surface area contributed by atoms with Gasteiger partial charge in [-0.15, -0.1) is 11.3 Å². The highest BCUT2D eigenvalue weighted by molar-refractivity contribution is 7.19. The van der Waals surface area contributed by atoms with Crippen molar-refractivity contribution in [3.05, 3.63) is 179 Å². The van der Waals surface area contributed by atoms with Crippen LogP contribution in [0.2, 0.25) is 0 Å². The van der Waals surface area contributed by atoms with Gasteiger partial charge in [-0.25, -0.2) is 9.97 Å². The zero-order valence-electron chi connectivity index (χ0n) is 29.2. The lowest BCUT2D eigenvalue weighted by molar-refractivity contribution is 0.629. The van der Waals surface area contributed by atoms with Crippen LogP contribution in [0.1, 0.15) is 52.6 Å². The minimum absolute atomic E-state index is 0.291. The van der Waals surface area contributed by atoms with Crippen molar-refractivity contribution in [2.75, 3.05) is 0 Å². The lowest BCUT2D eigenvalue weighted by Crippen LogP contribution is -2.12. The molecular weight excluding hydrogens is 651 g/mol. The van der Waals surface area contributed by atoms with Crippen molar-refractivity contribution in [1.29, 1.82) is 0 Å². The van der Waals surface area contributed by atoms with Crippen LogP contribution in [0.15, 0.2) is 146 Å². The van der Waals surface area contributed by atoms with Gasteiger partial charge in [0.25, 0.3) is 0 Å². The normalized spacial score (nSPS) is 18.0. The summed E-state index contributed by atoms with van der Waals surface area (Å²) in [6.07, 6.45) is 9.98. The minimum atomic E-state index is 0.291. The van der Waals surface area contributed by atoms with Crippen LogP contribution in [-0.2, 0) is 6.42 Å². The summed E-state index contributed by atoms with van der Waals surface area (Å²) < 4.78 is 3.65. The maximum atomic E-state index is 5.36. The summed E-state index contributed by atoms with van der Waals surface area (Å²) in [5.74, 6) is 1.76. The molecule has 0 aliphatic heterocycles. The summed E-state index contributed by atoms with van der Waals surface area (Å²) in [6.45, 7) is 4.68. The summed E-state index contributed by atoms with van der Waals surface area (Å²) >= 11 is 1.94. The quantitative estimate of drug-likeness (QED) is 0.180. The van der Waals surface area contributed by atoms with E-state index in [2.05, 4.69) is 170 Å². The van der Waals surface area contributed by atoms with Crippen LogP contribution in [0.5, 0.6) is 0 Å². The molecule has 0 saturated carbocycles. The van der Waals surface area contributed by atoms with Crippen LogP contribution in [0.3, 0.4) is 0 Å². The van der Waals surface area contributed by atoms with Crippen LogP contribution in [0.4, 0.5) is 0 Å². The largest absolute Gasteiger partial charge is 0.278 e. The fraction of sp³-hybridized carbons (Fsp3) is 0.125. The van der Waals surface area contributed by atoms with Gasteiger partial charge in [0, 0.05) is 32.6 Å². The van der Waals surface area contributed by atoms with Crippen LogP contribution in [-0.4, -0.2) is 14.5 Å². The summed E-state index contributed by atoms with van der Waals surface area (Å²) in [5, 5.41) is 2.61. The molecule has 2 aliphatic rings. The number of thiophene rings is 1. The Morgan fingerprint density at radius 2 is 1.46 bits per heavy atom. The van der Waals surface area contributed by atoms with E-state index in [4.69, 9.17) is 9.97 Å². The molecule has 0 spiro atoms. The van der Waals surface area contributed by atoms with E-state index in [0.717, 1.165) is 23.2 Å². The Morgan fingerprint density at radius 3 is 2.31 bits per heavy atom. The Bertz CT molecular complexity index is 2700. The molecule has 52 heavy (non-hydrogen) atoms. The van der Waals surface area contributed by atoms with E-state index >= 15 is 0 Å². The average molecular weight is 688 g/mol. The first-order valence-electron chi connectivity index (χ1n) is 18.2. The molecule has 3 atom stereocenters. The van der Waals surface area contributed by atoms with Crippen LogP contribution >= 0.6 is 11.3 Å². The van der Waals surface area contributed by atoms with Crippen LogP contribution in [0, 0.1) is 11.8 Å². The molecule has 2 aliphatic carbocycles. The lowest BCUT2D eigenvalue weighted by Gasteiger charge is -2.26. The van der Waals surface area contributed by atoms with Gasteiger partial charge in [0.15, 0.2) is 0 Å². The Kier molecular flexibility index (Phi) is 7.40. The standard InChI is InChI=1S/C48H37N3S/c1-30-20-22-39-38-18-9-10-19-45(38)52-47(39)46(30)36-17-11-16-35(27-36)42-24-25-49-48(50-42)51-43-28-34(32-12-5-3-6-13-32)21-23-37(43)41-26-31(2)40(29-44(41)51)33-14-7-4-8-15-33/h3-25,27-31,46H,26H2,1-2H3. The van der Waals surface area contributed by atoms with Crippen molar-refractivity contribution in [3.63, 3.8) is 0 Å². The first-order chi connectivity index (χ1) is 25.6. The van der Waals surface area contributed by atoms with Gasteiger partial charge in [-0.1, -0.05) is 135 Å². The fourth-order valence-corrected chi connectivity index (χ4v) is 9.96. The molecule has 8 aromatic rings. The molecule has 0 amide bonds. The third-order valence-corrected chi connectivity index (χ3v) is 12.4. The van der Waals surface area contributed by atoms with Crippen molar-refractivity contribution >= 4 is 50.1 Å². The van der Waals surface area contributed by atoms with Crippen molar-refractivity contribution in [1.82, 2.24) is 14.5 Å². The first-order valence-corrected chi connectivity index (χ1v) is 19.1. The Hall–Kier alpha value is -5.84. The number of benzene rings is 5. The first kappa shape index (κ1) is 30.9. The van der Waals surface area contributed by atoms with E-state index < -0.39 is 0 Å². The number of rotatable bonds is 5. The van der Waals surface area contributed by atoms with E-state index in [9.17, 15) is 0 Å². The van der Waals surface area contributed by atoms with E-state index in [0.29, 0.717) is 23.7 Å². The molecule has 0 bridgehead atoms. The molecule has 4 heteroatoms. The maximum Gasteiger partial charge on any atom is 0.235 e. The third kappa shape index (κ3) is 5.09. The Labute approximate surface area is 308 Å². The third-order valence-electron chi connectivity index (χ3n) is 11.1. The molecule has 3 aromatic heterocycles. The lowest BCUT2D eigenvalue weighted by atomic mass is 9.80. The van der Waals surface area contributed by atoms with Crippen LogP contribution < -0.4 is 0 Å². The van der Waals surface area contributed by atoms with Gasteiger partial charge in [0.1, 0.15) is 0 Å². The molecule has 3 heterocycles. The molecule has 0 fully saturated rings. The number of fused-ring (bicyclic) bond motifs is 6. The molecule has 250 valence electrons. The highest BCUT2D eigenvalue weighted by Gasteiger charge is 2.29. The number of hydrogen-bond acceptors (Lipinski definition) is 3. The zero-order chi connectivity index (χ0) is 34.8. The number of allylic oxidation sites excluding steroid dienone is 2. The topological polar surface area (TPSA) is 30.7 Å². The molecule has 10 rings (SSSR count). The van der Waals surface area contributed by atoms with Crippen molar-refractivity contribution < 1.29 is 0 Å². The molecule has 0 saturated heterocycles. The number of aromatic nitrogens is 3. The molecule has 3 nitrogen and oxygen atoms in total. The van der Waals surface area contributed by atoms with Crippen LogP contribution in [0.25, 0.3) is 67.0 Å². The average Bonchev–Trinajstić information content (AvgIpc) is 3.73. The summed E-state index contributed by atoms with van der Waals surface area (Å²) in [6, 6.07) is 48.2. The summed E-state index contributed by atoms with van der Waals surface area (Å²) in [7, 11) is 0. The zero-order valence-corrected chi connectivity index (χ0v) is 30.0. The van der Waals surface area contributed by atoms with Crippen molar-refractivity contribution in [2.45, 2.75) is 26.2 Å². The minimum Gasteiger partial charge on any atom is -0.278 e. The molecule has 0 N–H and O–H groups in total. The number of hydrogen-bond donors (Lipinski definition) is 0. The predicted octanol–water partition coefficient (Wildman–Crippen LogP) is 12.5. The Morgan fingerprint density at radius 1 is 0.692 bits per heavy atom. The molecule has 5 aromatic carbocycles. The fourth-order valence-electron chi connectivity index (χ4n) is 8.52. The molecule has 3 unspecified atom stereocenters. The Balaban J connectivity index is 1.12. The van der Waals surface area contributed by atoms with Gasteiger partial charge in [-0.05, 0) is 92.9 Å². The molecule has 0 radical (unpaired) electrons. The second-order valence-corrected chi connectivity index (χ2v) is 15.4. The van der Waals surface area contributed by atoms with E-state index in [1.54, 1.807) is 0 Å². The van der Waals surface area contributed by atoms with E-state index in [1.807, 2.05) is 17.5 Å². The van der Waals surface area contributed by atoms with Gasteiger partial charge < -0.3 is 0 Å². The van der Waals surface area contributed by atoms with Crippen molar-refractivity contribution in [3.8, 4) is 28.3 Å². The second kappa shape index (κ2) is 12.4. The monoisotopic (exact) mass is 687 g/mol. The van der Waals surface area contributed by atoms with Gasteiger partial charge in [-0.2, -0.15) is 0 Å². The highest BCUT2D eigenvalue weighted by atomic mass is 32.1. The SMILES string of the molecule is CC1Cc2c(n(-c3nccc(-c4cccc(C5c6sc7ccccc7c6C=CC5C)c4)n3)c3cc(-c4ccccc4)ccc23)C=C1c1ccccc1. The predicted molar refractivity (Wildman–Crippen MR) is 219 cm³/mol. The summed E-state index contributed by atoms with van der Waals surface area (Å²) in [5.41, 5.74) is 13.4. The second-order valence-electron chi connectivity index (χ2n) is 14.3.